The summed E-state index contributed by atoms with van der Waals surface area (Å²) in [6.07, 6.45) is 8.37. The van der Waals surface area contributed by atoms with E-state index in [4.69, 9.17) is 4.74 Å². The molecule has 1 fully saturated rings. The minimum atomic E-state index is -0.686. The van der Waals surface area contributed by atoms with Crippen LogP contribution in [0.2, 0.25) is 0 Å². The van der Waals surface area contributed by atoms with Crippen molar-refractivity contribution in [3.63, 3.8) is 0 Å². The fourth-order valence-electron chi connectivity index (χ4n) is 2.89. The monoisotopic (exact) mass is 263 g/mol. The minimum Gasteiger partial charge on any atom is -0.492 e. The lowest BCUT2D eigenvalue weighted by atomic mass is 9.83. The lowest BCUT2D eigenvalue weighted by molar-refractivity contribution is -0.142. The van der Waals surface area contributed by atoms with Crippen molar-refractivity contribution in [3.05, 3.63) is 24.0 Å². The molecule has 1 heterocycles. The molecule has 2 atom stereocenters. The summed E-state index contributed by atoms with van der Waals surface area (Å²) in [5.41, 5.74) is 1.00. The Hall–Kier alpha value is -1.58. The van der Waals surface area contributed by atoms with Crippen LogP contribution in [0.1, 0.15) is 50.5 Å². The molecule has 1 aliphatic carbocycles. The molecule has 104 valence electrons. The Morgan fingerprint density at radius 3 is 2.89 bits per heavy atom. The maximum atomic E-state index is 11.4. The zero-order chi connectivity index (χ0) is 13.7. The van der Waals surface area contributed by atoms with Crippen molar-refractivity contribution < 1.29 is 14.6 Å². The van der Waals surface area contributed by atoms with Crippen molar-refractivity contribution in [1.82, 2.24) is 4.98 Å². The van der Waals surface area contributed by atoms with Gasteiger partial charge in [-0.15, -0.1) is 0 Å². The number of hydrogen-bond acceptors (Lipinski definition) is 3. The molecule has 2 unspecified atom stereocenters. The van der Waals surface area contributed by atoms with Crippen LogP contribution in [0.25, 0.3) is 0 Å². The van der Waals surface area contributed by atoms with Crippen LogP contribution in [0.4, 0.5) is 0 Å². The molecule has 1 aromatic heterocycles. The van der Waals surface area contributed by atoms with Gasteiger partial charge in [-0.05, 0) is 37.3 Å². The van der Waals surface area contributed by atoms with E-state index in [1.807, 2.05) is 13.0 Å². The van der Waals surface area contributed by atoms with Gasteiger partial charge in [0, 0.05) is 6.20 Å². The van der Waals surface area contributed by atoms with Crippen LogP contribution in [-0.2, 0) is 4.79 Å². The van der Waals surface area contributed by atoms with Crippen molar-refractivity contribution in [1.29, 1.82) is 0 Å². The van der Waals surface area contributed by atoms with Gasteiger partial charge < -0.3 is 9.84 Å². The van der Waals surface area contributed by atoms with Gasteiger partial charge >= 0.3 is 5.97 Å². The van der Waals surface area contributed by atoms with Crippen LogP contribution >= 0.6 is 0 Å². The molecule has 0 radical (unpaired) electrons. The van der Waals surface area contributed by atoms with Gasteiger partial charge in [0.05, 0.1) is 18.7 Å². The highest BCUT2D eigenvalue weighted by molar-refractivity contribution is 5.71. The second kappa shape index (κ2) is 6.55. The average molecular weight is 263 g/mol. The fraction of sp³-hybridized carbons (Fsp3) is 0.600. The van der Waals surface area contributed by atoms with E-state index < -0.39 is 5.97 Å². The number of aliphatic carboxylic acids is 1. The Balaban J connectivity index is 2.25. The van der Waals surface area contributed by atoms with E-state index in [0.29, 0.717) is 6.61 Å². The number of hydrogen-bond donors (Lipinski definition) is 1. The Kier molecular flexibility index (Phi) is 4.77. The van der Waals surface area contributed by atoms with Gasteiger partial charge in [0.1, 0.15) is 5.75 Å². The Labute approximate surface area is 113 Å². The van der Waals surface area contributed by atoms with E-state index in [1.165, 1.54) is 0 Å². The number of carboxylic acid groups (broad SMARTS) is 1. The molecule has 0 bridgehead atoms. The third kappa shape index (κ3) is 3.46. The van der Waals surface area contributed by atoms with Crippen molar-refractivity contribution >= 4 is 5.97 Å². The molecular formula is C15H21NO3. The summed E-state index contributed by atoms with van der Waals surface area (Å²) in [5.74, 6) is -0.184. The quantitative estimate of drug-likeness (QED) is 0.847. The first kappa shape index (κ1) is 13.8. The molecule has 4 nitrogen and oxygen atoms in total. The minimum absolute atomic E-state index is 0.0629. The standard InChI is InChI=1S/C15H21NO3/c1-2-19-12-8-11(9-16-10-12)13-6-4-3-5-7-14(13)15(17)18/h8-10,13-14H,2-7H2,1H3,(H,17,18). The maximum absolute atomic E-state index is 11.4. The van der Waals surface area contributed by atoms with Crippen LogP contribution < -0.4 is 4.74 Å². The third-order valence-corrected chi connectivity index (χ3v) is 3.81. The van der Waals surface area contributed by atoms with Crippen molar-refractivity contribution in [2.45, 2.75) is 44.9 Å². The molecule has 0 aromatic carbocycles. The number of nitrogens with zero attached hydrogens (tertiary/aromatic N) is 1. The number of carbonyl (C=O) groups is 1. The number of ether oxygens (including phenoxy) is 1. The summed E-state index contributed by atoms with van der Waals surface area (Å²) in [5, 5.41) is 9.42. The van der Waals surface area contributed by atoms with Crippen molar-refractivity contribution in [2.75, 3.05) is 6.61 Å². The smallest absolute Gasteiger partial charge is 0.307 e. The molecule has 4 heteroatoms. The third-order valence-electron chi connectivity index (χ3n) is 3.81. The predicted molar refractivity (Wildman–Crippen MR) is 72.4 cm³/mol. The number of rotatable bonds is 4. The summed E-state index contributed by atoms with van der Waals surface area (Å²) >= 11 is 0. The highest BCUT2D eigenvalue weighted by Crippen LogP contribution is 2.37. The highest BCUT2D eigenvalue weighted by atomic mass is 16.5. The number of carboxylic acids is 1. The van der Waals surface area contributed by atoms with Gasteiger partial charge in [-0.3, -0.25) is 9.78 Å². The largest absolute Gasteiger partial charge is 0.492 e. The second-order valence-corrected chi connectivity index (χ2v) is 5.08. The van der Waals surface area contributed by atoms with Crippen molar-refractivity contribution in [2.24, 2.45) is 5.92 Å². The molecular weight excluding hydrogens is 242 g/mol. The molecule has 0 amide bonds. The van der Waals surface area contributed by atoms with E-state index in [9.17, 15) is 9.90 Å². The van der Waals surface area contributed by atoms with E-state index in [1.54, 1.807) is 12.4 Å². The Morgan fingerprint density at radius 2 is 2.16 bits per heavy atom. The summed E-state index contributed by atoms with van der Waals surface area (Å²) in [6, 6.07) is 1.95. The lowest BCUT2D eigenvalue weighted by Gasteiger charge is -2.22. The Morgan fingerprint density at radius 1 is 1.37 bits per heavy atom. The van der Waals surface area contributed by atoms with Gasteiger partial charge in [0.25, 0.3) is 0 Å². The molecule has 1 saturated carbocycles. The maximum Gasteiger partial charge on any atom is 0.307 e. The molecule has 1 N–H and O–H groups in total. The molecule has 0 saturated heterocycles. The van der Waals surface area contributed by atoms with Gasteiger partial charge in [-0.1, -0.05) is 19.3 Å². The van der Waals surface area contributed by atoms with E-state index >= 15 is 0 Å². The van der Waals surface area contributed by atoms with Gasteiger partial charge in [0.2, 0.25) is 0 Å². The normalized spacial score (nSPS) is 23.6. The lowest BCUT2D eigenvalue weighted by Crippen LogP contribution is -2.21. The van der Waals surface area contributed by atoms with Gasteiger partial charge in [-0.25, -0.2) is 0 Å². The first-order chi connectivity index (χ1) is 9.22. The Bertz CT molecular complexity index is 433. The predicted octanol–water partition coefficient (Wildman–Crippen LogP) is 3.23. The van der Waals surface area contributed by atoms with Crippen LogP contribution in [0, 0.1) is 5.92 Å². The summed E-state index contributed by atoms with van der Waals surface area (Å²) < 4.78 is 5.45. The molecule has 1 aromatic rings. The van der Waals surface area contributed by atoms with E-state index in [2.05, 4.69) is 4.98 Å². The highest BCUT2D eigenvalue weighted by Gasteiger charge is 2.30. The second-order valence-electron chi connectivity index (χ2n) is 5.08. The van der Waals surface area contributed by atoms with Gasteiger partial charge in [-0.2, -0.15) is 0 Å². The van der Waals surface area contributed by atoms with Crippen LogP contribution in [0.5, 0.6) is 5.75 Å². The van der Waals surface area contributed by atoms with E-state index in [-0.39, 0.29) is 11.8 Å². The number of aromatic nitrogens is 1. The van der Waals surface area contributed by atoms with E-state index in [0.717, 1.165) is 43.4 Å². The summed E-state index contributed by atoms with van der Waals surface area (Å²) in [6.45, 7) is 2.52. The molecule has 2 rings (SSSR count). The molecule has 1 aliphatic rings. The summed E-state index contributed by atoms with van der Waals surface area (Å²) in [7, 11) is 0. The van der Waals surface area contributed by atoms with Crippen LogP contribution in [0.3, 0.4) is 0 Å². The zero-order valence-corrected chi connectivity index (χ0v) is 11.3. The SMILES string of the molecule is CCOc1cncc(C2CCCCCC2C(=O)O)c1. The first-order valence-corrected chi connectivity index (χ1v) is 7.03. The molecule has 19 heavy (non-hydrogen) atoms. The van der Waals surface area contributed by atoms with Crippen LogP contribution in [-0.4, -0.2) is 22.7 Å². The van der Waals surface area contributed by atoms with Gasteiger partial charge in [0.15, 0.2) is 0 Å². The topological polar surface area (TPSA) is 59.4 Å². The average Bonchev–Trinajstić information content (AvgIpc) is 2.65. The number of pyridine rings is 1. The fourth-order valence-corrected chi connectivity index (χ4v) is 2.89. The first-order valence-electron chi connectivity index (χ1n) is 7.03. The summed E-state index contributed by atoms with van der Waals surface area (Å²) in [4.78, 5) is 15.6. The zero-order valence-electron chi connectivity index (χ0n) is 11.3. The molecule has 0 aliphatic heterocycles. The van der Waals surface area contributed by atoms with Crippen molar-refractivity contribution in [3.8, 4) is 5.75 Å². The molecule has 0 spiro atoms. The van der Waals surface area contributed by atoms with Crippen LogP contribution in [0.15, 0.2) is 18.5 Å².